The molecule has 4 rings (SSSR count). The molecule has 3 heterocycles. The van der Waals surface area contributed by atoms with Crippen LogP contribution in [0.25, 0.3) is 11.0 Å². The molecule has 3 aromatic rings. The molecule has 0 spiro atoms. The molecular weight excluding hydrogens is 318 g/mol. The van der Waals surface area contributed by atoms with Crippen LogP contribution in [-0.4, -0.2) is 44.5 Å². The Morgan fingerprint density at radius 2 is 2.28 bits per heavy atom. The van der Waals surface area contributed by atoms with Crippen LogP contribution in [0.5, 0.6) is 0 Å². The summed E-state index contributed by atoms with van der Waals surface area (Å²) >= 11 is 0. The van der Waals surface area contributed by atoms with Crippen LogP contribution < -0.4 is 10.6 Å². The minimum absolute atomic E-state index is 0.414. The molecule has 8 nitrogen and oxygen atoms in total. The van der Waals surface area contributed by atoms with Gasteiger partial charge in [0, 0.05) is 25.5 Å². The number of ether oxygens (including phenoxy) is 1. The van der Waals surface area contributed by atoms with E-state index >= 15 is 0 Å². The molecule has 1 aliphatic carbocycles. The minimum Gasteiger partial charge on any atom is -0.383 e. The lowest BCUT2D eigenvalue weighted by molar-refractivity contribution is 0.183. The van der Waals surface area contributed by atoms with Crippen molar-refractivity contribution in [3.8, 4) is 0 Å². The Labute approximate surface area is 146 Å². The van der Waals surface area contributed by atoms with E-state index in [0.717, 1.165) is 28.5 Å². The van der Waals surface area contributed by atoms with Crippen molar-refractivity contribution >= 4 is 28.5 Å². The molecule has 0 bridgehead atoms. The van der Waals surface area contributed by atoms with Crippen molar-refractivity contribution < 1.29 is 4.74 Å². The molecule has 25 heavy (non-hydrogen) atoms. The van der Waals surface area contributed by atoms with Crippen LogP contribution in [0, 0.1) is 5.92 Å². The van der Waals surface area contributed by atoms with Crippen molar-refractivity contribution in [2.75, 3.05) is 24.4 Å². The van der Waals surface area contributed by atoms with Gasteiger partial charge in [0.05, 0.1) is 30.4 Å². The van der Waals surface area contributed by atoms with Gasteiger partial charge in [-0.2, -0.15) is 15.1 Å². The third-order valence-corrected chi connectivity index (χ3v) is 4.52. The van der Waals surface area contributed by atoms with Gasteiger partial charge < -0.3 is 20.4 Å². The van der Waals surface area contributed by atoms with E-state index in [1.165, 1.54) is 12.8 Å². The van der Waals surface area contributed by atoms with Gasteiger partial charge in [0.25, 0.3) is 0 Å². The zero-order valence-electron chi connectivity index (χ0n) is 14.5. The summed E-state index contributed by atoms with van der Waals surface area (Å²) in [6, 6.07) is 2.42. The number of hydrogen-bond acceptors (Lipinski definition) is 6. The molecule has 0 saturated heterocycles. The second-order valence-corrected chi connectivity index (χ2v) is 6.52. The lowest BCUT2D eigenvalue weighted by Gasteiger charge is -2.15. The molecule has 3 aromatic heterocycles. The Morgan fingerprint density at radius 3 is 3.08 bits per heavy atom. The first-order valence-electron chi connectivity index (χ1n) is 8.63. The SMILES string of the molecule is COCCn1cc(Nc2nc(NC(C)C3CC3)c3cc[nH]c3n2)cn1. The zero-order chi connectivity index (χ0) is 17.2. The first-order chi connectivity index (χ1) is 12.2. The number of nitrogens with one attached hydrogen (secondary N) is 3. The number of fused-ring (bicyclic) bond motifs is 1. The number of methoxy groups -OCH3 is 1. The molecule has 1 fully saturated rings. The van der Waals surface area contributed by atoms with Gasteiger partial charge in [-0.1, -0.05) is 0 Å². The van der Waals surface area contributed by atoms with E-state index in [1.54, 1.807) is 13.3 Å². The number of anilines is 3. The van der Waals surface area contributed by atoms with E-state index in [1.807, 2.05) is 23.1 Å². The Balaban J connectivity index is 1.55. The standard InChI is InChI=1S/C17H23N7O/c1-11(12-3-4-12)20-16-14-5-6-18-15(14)22-17(23-16)21-13-9-19-24(10-13)7-8-25-2/h5-6,9-12H,3-4,7-8H2,1-2H3,(H3,18,20,21,22,23). The van der Waals surface area contributed by atoms with Crippen LogP contribution in [0.3, 0.4) is 0 Å². The predicted molar refractivity (Wildman–Crippen MR) is 97.1 cm³/mol. The first-order valence-corrected chi connectivity index (χ1v) is 8.63. The quantitative estimate of drug-likeness (QED) is 0.583. The minimum atomic E-state index is 0.414. The molecule has 0 aliphatic heterocycles. The summed E-state index contributed by atoms with van der Waals surface area (Å²) in [6.07, 6.45) is 8.15. The van der Waals surface area contributed by atoms with Gasteiger partial charge in [0.1, 0.15) is 11.5 Å². The highest BCUT2D eigenvalue weighted by molar-refractivity contribution is 5.88. The Kier molecular flexibility index (Phi) is 4.27. The van der Waals surface area contributed by atoms with Crippen molar-refractivity contribution in [1.82, 2.24) is 24.7 Å². The summed E-state index contributed by atoms with van der Waals surface area (Å²) in [7, 11) is 1.68. The maximum absolute atomic E-state index is 5.07. The molecule has 1 aliphatic rings. The molecule has 0 aromatic carbocycles. The van der Waals surface area contributed by atoms with Gasteiger partial charge in [-0.05, 0) is 31.7 Å². The molecule has 132 valence electrons. The Hall–Kier alpha value is -2.61. The van der Waals surface area contributed by atoms with Crippen LogP contribution in [0.4, 0.5) is 17.5 Å². The van der Waals surface area contributed by atoms with Crippen molar-refractivity contribution in [3.63, 3.8) is 0 Å². The number of nitrogens with zero attached hydrogens (tertiary/aromatic N) is 4. The molecule has 1 unspecified atom stereocenters. The van der Waals surface area contributed by atoms with Crippen molar-refractivity contribution in [3.05, 3.63) is 24.7 Å². The summed E-state index contributed by atoms with van der Waals surface area (Å²) in [6.45, 7) is 3.55. The maximum Gasteiger partial charge on any atom is 0.231 e. The van der Waals surface area contributed by atoms with Gasteiger partial charge in [-0.3, -0.25) is 4.68 Å². The summed E-state index contributed by atoms with van der Waals surface area (Å²) in [5.74, 6) is 2.16. The third-order valence-electron chi connectivity index (χ3n) is 4.52. The van der Waals surface area contributed by atoms with E-state index in [4.69, 9.17) is 4.74 Å². The van der Waals surface area contributed by atoms with E-state index < -0.39 is 0 Å². The largest absolute Gasteiger partial charge is 0.383 e. The second kappa shape index (κ2) is 6.72. The normalized spacial score (nSPS) is 15.4. The van der Waals surface area contributed by atoms with Crippen LogP contribution >= 0.6 is 0 Å². The predicted octanol–water partition coefficient (Wildman–Crippen LogP) is 2.75. The Morgan fingerprint density at radius 1 is 1.40 bits per heavy atom. The smallest absolute Gasteiger partial charge is 0.231 e. The number of aromatic amines is 1. The molecular formula is C17H23N7O. The van der Waals surface area contributed by atoms with Crippen molar-refractivity contribution in [1.29, 1.82) is 0 Å². The van der Waals surface area contributed by atoms with E-state index in [0.29, 0.717) is 25.1 Å². The average molecular weight is 341 g/mol. The van der Waals surface area contributed by atoms with Crippen LogP contribution in [0.1, 0.15) is 19.8 Å². The summed E-state index contributed by atoms with van der Waals surface area (Å²) in [5.41, 5.74) is 1.66. The monoisotopic (exact) mass is 341 g/mol. The third kappa shape index (κ3) is 3.58. The first kappa shape index (κ1) is 15.9. The molecule has 1 saturated carbocycles. The summed E-state index contributed by atoms with van der Waals surface area (Å²) in [5, 5.41) is 12.1. The van der Waals surface area contributed by atoms with Crippen LogP contribution in [0.2, 0.25) is 0 Å². The summed E-state index contributed by atoms with van der Waals surface area (Å²) in [4.78, 5) is 12.4. The zero-order valence-corrected chi connectivity index (χ0v) is 14.5. The topological polar surface area (TPSA) is 92.7 Å². The fourth-order valence-corrected chi connectivity index (χ4v) is 2.90. The van der Waals surface area contributed by atoms with E-state index in [2.05, 4.69) is 37.6 Å². The molecule has 0 amide bonds. The lowest BCUT2D eigenvalue weighted by atomic mass is 10.2. The van der Waals surface area contributed by atoms with Crippen LogP contribution in [-0.2, 0) is 11.3 Å². The van der Waals surface area contributed by atoms with E-state index in [9.17, 15) is 0 Å². The van der Waals surface area contributed by atoms with Crippen molar-refractivity contribution in [2.45, 2.75) is 32.4 Å². The fraction of sp³-hybridized carbons (Fsp3) is 0.471. The average Bonchev–Trinajstić information content (AvgIpc) is 3.19. The van der Waals surface area contributed by atoms with Crippen LogP contribution in [0.15, 0.2) is 24.7 Å². The highest BCUT2D eigenvalue weighted by Crippen LogP contribution is 2.34. The molecule has 0 radical (unpaired) electrons. The van der Waals surface area contributed by atoms with E-state index in [-0.39, 0.29) is 0 Å². The lowest BCUT2D eigenvalue weighted by Crippen LogP contribution is -2.18. The van der Waals surface area contributed by atoms with Gasteiger partial charge in [0.2, 0.25) is 5.95 Å². The molecule has 8 heteroatoms. The summed E-state index contributed by atoms with van der Waals surface area (Å²) < 4.78 is 6.90. The highest BCUT2D eigenvalue weighted by atomic mass is 16.5. The number of H-pyrrole nitrogens is 1. The fourth-order valence-electron chi connectivity index (χ4n) is 2.90. The van der Waals surface area contributed by atoms with Gasteiger partial charge in [-0.15, -0.1) is 0 Å². The number of hydrogen-bond donors (Lipinski definition) is 3. The van der Waals surface area contributed by atoms with Crippen molar-refractivity contribution in [2.24, 2.45) is 5.92 Å². The van der Waals surface area contributed by atoms with Gasteiger partial charge in [-0.25, -0.2) is 0 Å². The van der Waals surface area contributed by atoms with Gasteiger partial charge >= 0.3 is 0 Å². The Bertz CT molecular complexity index is 852. The second-order valence-electron chi connectivity index (χ2n) is 6.52. The maximum atomic E-state index is 5.07. The number of aromatic nitrogens is 5. The number of rotatable bonds is 8. The molecule has 3 N–H and O–H groups in total. The van der Waals surface area contributed by atoms with Gasteiger partial charge in [0.15, 0.2) is 0 Å². The highest BCUT2D eigenvalue weighted by Gasteiger charge is 2.28. The molecule has 1 atom stereocenters.